The lowest BCUT2D eigenvalue weighted by Crippen LogP contribution is -2.20. The number of para-hydroxylation sites is 2. The highest BCUT2D eigenvalue weighted by molar-refractivity contribution is 6.54. The fourth-order valence-electron chi connectivity index (χ4n) is 11.6. The lowest BCUT2D eigenvalue weighted by atomic mass is 10.0. The van der Waals surface area contributed by atoms with Gasteiger partial charge in [-0.3, -0.25) is 29.7 Å². The van der Waals surface area contributed by atoms with E-state index in [9.17, 15) is 27.6 Å². The Morgan fingerprint density at radius 3 is 1.80 bits per heavy atom. The SMILES string of the molecule is Cc1cc(=O)n2[nH]c(C)nc2n1.Cc1cc(=O)n2[nH]cnc2n1.Cc1ccc(-c2nc3ncccn3n2)cc1.Cc1cnc2cccnn12.Cc1nc2nc(C(F)(F)F)cc(=O)n2[nH]1.[C-]#[N+]C1=Nn2c(cc3ccccc32)C1.c1ccc(N=C2C(c3ccccc3)=Nn3c2nc(-c2ccccc2)c3-c2ccccc2)cc1. The van der Waals surface area contributed by atoms with Gasteiger partial charge in [0.2, 0.25) is 0 Å². The lowest BCUT2D eigenvalue weighted by Gasteiger charge is -2.06. The minimum Gasteiger partial charge on any atom is -0.362 e. The standard InChI is InChI=1S/C29H20N4.C12H10N4.C11H7N3.C7H5F3N4O.C7H8N4O.C7H7N3.C6H6N4O/c1-5-13-21(14-6-1)25-27(30-24-19-11-4-12-20-24)29-31-26(22-15-7-2-8-16-22)28(33(29)32-25)23-17-9-3-10-18-23;1-9-3-5-10(6-4-9)11-14-12-13-7-2-8-16(12)15-11;1-12-11-7-9-6-8-4-2-3-5-10(8)14(9)13-11;1-3-11-6-12-4(7(8,9)10)2-5(15)14(6)13-3;1-4-3-6(12)11-7(8-4)9-5(2)10-11;1-6-5-8-7-3-2-4-9-10(6)7;1-4-2-5(11)10-6(9-4)7-3-8-10/h1-20H;2-8H,1H3;2-6H,7H2;2H,1H3,(H,11,12,13);3H,1-2H3,(H,8,9,10);2-5H,1H3;2-3H,1H3,(H,7,8,9). The van der Waals surface area contributed by atoms with Crippen molar-refractivity contribution >= 4 is 62.6 Å². The van der Waals surface area contributed by atoms with Gasteiger partial charge in [-0.15, -0.1) is 5.10 Å². The van der Waals surface area contributed by atoms with Gasteiger partial charge in [-0.25, -0.2) is 53.6 Å². The first-order valence-electron chi connectivity index (χ1n) is 34.2. The molecule has 0 aliphatic carbocycles. The van der Waals surface area contributed by atoms with E-state index in [1.165, 1.54) is 45.4 Å². The number of aliphatic imine (C=N–C) groups is 1. The lowest BCUT2D eigenvalue weighted by molar-refractivity contribution is -0.141. The summed E-state index contributed by atoms with van der Waals surface area (Å²) in [5.74, 6) is 4.21. The van der Waals surface area contributed by atoms with Crippen molar-refractivity contribution in [3.05, 3.63) is 343 Å². The number of benzene rings is 6. The van der Waals surface area contributed by atoms with Gasteiger partial charge in [0.15, 0.2) is 23.0 Å². The zero-order valence-corrected chi connectivity index (χ0v) is 59.9. The number of fused-ring (bicyclic) bond motifs is 9. The van der Waals surface area contributed by atoms with Crippen LogP contribution in [-0.4, -0.2) is 125 Å². The Bertz CT molecular complexity index is 6680. The highest BCUT2D eigenvalue weighted by Gasteiger charge is 2.34. The smallest absolute Gasteiger partial charge is 0.362 e. The van der Waals surface area contributed by atoms with Gasteiger partial charge in [0, 0.05) is 82.2 Å². The molecule has 2 aliphatic rings. The van der Waals surface area contributed by atoms with Crippen LogP contribution in [0.3, 0.4) is 0 Å². The molecule has 12 aromatic heterocycles. The molecular weight excluding hydrogens is 1420 g/mol. The van der Waals surface area contributed by atoms with Crippen LogP contribution in [0.5, 0.6) is 0 Å². The van der Waals surface area contributed by atoms with Gasteiger partial charge in [0.1, 0.15) is 35.1 Å². The zero-order chi connectivity index (χ0) is 77.3. The van der Waals surface area contributed by atoms with E-state index in [0.29, 0.717) is 64.5 Å². The molecule has 32 heteroatoms. The Hall–Kier alpha value is -15.4. The van der Waals surface area contributed by atoms with Gasteiger partial charge in [0.05, 0.1) is 34.5 Å². The fraction of sp³-hybridized carbons (Fsp3) is 0.101. The summed E-state index contributed by atoms with van der Waals surface area (Å²) in [5.41, 5.74) is 12.9. The summed E-state index contributed by atoms with van der Waals surface area (Å²) >= 11 is 0. The molecule has 3 N–H and O–H groups in total. The molecule has 111 heavy (non-hydrogen) atoms. The molecule has 0 spiro atoms. The molecule has 29 nitrogen and oxygen atoms in total. The molecule has 0 saturated carbocycles. The quantitative estimate of drug-likeness (QED) is 0.135. The first kappa shape index (κ1) is 72.5. The number of nitrogens with one attached hydrogen (secondary N) is 3. The van der Waals surface area contributed by atoms with Gasteiger partial charge in [-0.1, -0.05) is 164 Å². The average molecular weight is 1480 g/mol. The third kappa shape index (κ3) is 16.4. The van der Waals surface area contributed by atoms with Crippen LogP contribution >= 0.6 is 0 Å². The summed E-state index contributed by atoms with van der Waals surface area (Å²) in [4.78, 5) is 82.5. The molecule has 0 bridgehead atoms. The Kier molecular flexibility index (Phi) is 20.7. The second-order valence-electron chi connectivity index (χ2n) is 24.8. The van der Waals surface area contributed by atoms with Crippen molar-refractivity contribution in [2.24, 2.45) is 15.2 Å². The number of rotatable bonds is 5. The second-order valence-corrected chi connectivity index (χ2v) is 24.8. The van der Waals surface area contributed by atoms with Gasteiger partial charge >= 0.3 is 6.18 Å². The van der Waals surface area contributed by atoms with E-state index in [1.54, 1.807) is 42.2 Å². The van der Waals surface area contributed by atoms with E-state index >= 15 is 0 Å². The molecular formula is C79H63F3N26O3. The normalized spacial score (nSPS) is 12.2. The van der Waals surface area contributed by atoms with E-state index in [2.05, 4.69) is 148 Å². The monoisotopic (exact) mass is 1480 g/mol. The van der Waals surface area contributed by atoms with Crippen LogP contribution in [0.15, 0.2) is 273 Å². The molecule has 2 aliphatic heterocycles. The number of H-pyrrole nitrogens is 3. The zero-order valence-electron chi connectivity index (χ0n) is 59.9. The van der Waals surface area contributed by atoms with E-state index in [4.69, 9.17) is 21.6 Å². The highest BCUT2D eigenvalue weighted by atomic mass is 19.4. The molecule has 0 saturated heterocycles. The number of imidazole rings is 2. The van der Waals surface area contributed by atoms with Gasteiger partial charge in [0.25, 0.3) is 45.6 Å². The summed E-state index contributed by atoms with van der Waals surface area (Å²) in [6.07, 6.45) is 4.57. The van der Waals surface area contributed by atoms with Crippen LogP contribution in [0.4, 0.5) is 18.9 Å². The molecule has 0 amide bonds. The molecule has 0 fully saturated rings. The number of hydrogen-bond acceptors (Lipinski definition) is 18. The maximum atomic E-state index is 12.3. The largest absolute Gasteiger partial charge is 0.433 e. The number of halogens is 3. The predicted molar refractivity (Wildman–Crippen MR) is 413 cm³/mol. The first-order valence-corrected chi connectivity index (χ1v) is 34.2. The summed E-state index contributed by atoms with van der Waals surface area (Å²) in [6, 6.07) is 68.0. The van der Waals surface area contributed by atoms with E-state index in [1.807, 2.05) is 162 Å². The molecule has 18 aromatic rings. The minimum absolute atomic E-state index is 0.127. The number of amidine groups is 1. The maximum absolute atomic E-state index is 12.3. The number of aromatic nitrogens is 22. The number of alkyl halides is 3. The first-order chi connectivity index (χ1) is 53.8. The summed E-state index contributed by atoms with van der Waals surface area (Å²) in [6.45, 7) is 17.8. The fourth-order valence-corrected chi connectivity index (χ4v) is 11.6. The molecule has 14 heterocycles. The number of aryl methyl sites for hydroxylation is 6. The number of nitrogens with zero attached hydrogens (tertiary/aromatic N) is 23. The van der Waals surface area contributed by atoms with Crippen molar-refractivity contribution in [3.8, 4) is 33.9 Å². The minimum atomic E-state index is -4.64. The third-order valence-electron chi connectivity index (χ3n) is 16.6. The van der Waals surface area contributed by atoms with Crippen LogP contribution in [0.1, 0.15) is 57.1 Å². The summed E-state index contributed by atoms with van der Waals surface area (Å²) in [5, 5.41) is 26.8. The Morgan fingerprint density at radius 2 is 1.14 bits per heavy atom. The molecule has 548 valence electrons. The van der Waals surface area contributed by atoms with Gasteiger partial charge in [-0.05, 0) is 89.1 Å². The van der Waals surface area contributed by atoms with Gasteiger partial charge < -0.3 is 4.85 Å². The molecule has 0 unspecified atom stereocenters. The second kappa shape index (κ2) is 31.7. The third-order valence-corrected chi connectivity index (χ3v) is 16.6. The van der Waals surface area contributed by atoms with Crippen LogP contribution in [-0.2, 0) is 12.6 Å². The molecule has 0 atom stereocenters. The van der Waals surface area contributed by atoms with Crippen LogP contribution < -0.4 is 16.7 Å². The topological polar surface area (TPSA) is 327 Å². The van der Waals surface area contributed by atoms with Crippen molar-refractivity contribution in [3.63, 3.8) is 0 Å². The molecule has 20 rings (SSSR count). The van der Waals surface area contributed by atoms with Crippen molar-refractivity contribution in [2.75, 3.05) is 0 Å². The Balaban J connectivity index is 0.000000113. The summed E-state index contributed by atoms with van der Waals surface area (Å²) in [7, 11) is 0. The molecule has 6 aromatic carbocycles. The summed E-state index contributed by atoms with van der Waals surface area (Å²) < 4.78 is 47.5. The van der Waals surface area contributed by atoms with E-state index in [-0.39, 0.29) is 16.9 Å². The van der Waals surface area contributed by atoms with Crippen LogP contribution in [0.25, 0.3) is 78.4 Å². The highest BCUT2D eigenvalue weighted by Crippen LogP contribution is 2.37. The van der Waals surface area contributed by atoms with Crippen molar-refractivity contribution in [1.29, 1.82) is 0 Å². The van der Waals surface area contributed by atoms with Crippen LogP contribution in [0.2, 0.25) is 0 Å². The molecule has 0 radical (unpaired) electrons. The number of hydrogen-bond donors (Lipinski definition) is 3. The Labute approximate surface area is 626 Å². The predicted octanol–water partition coefficient (Wildman–Crippen LogP) is 12.5. The number of aromatic amines is 3. The Morgan fingerprint density at radius 1 is 0.532 bits per heavy atom. The maximum Gasteiger partial charge on any atom is 0.433 e. The van der Waals surface area contributed by atoms with Crippen molar-refractivity contribution < 1.29 is 13.2 Å². The van der Waals surface area contributed by atoms with E-state index < -0.39 is 17.4 Å². The van der Waals surface area contributed by atoms with Crippen molar-refractivity contribution in [1.82, 2.24) is 107 Å². The average Bonchev–Trinajstić information content (AvgIpc) is 1.57. The van der Waals surface area contributed by atoms with Crippen molar-refractivity contribution in [2.45, 2.75) is 54.1 Å². The van der Waals surface area contributed by atoms with Crippen LogP contribution in [0, 0.1) is 48.1 Å². The van der Waals surface area contributed by atoms with Gasteiger partial charge in [-0.2, -0.15) is 56.5 Å². The van der Waals surface area contributed by atoms with E-state index in [0.717, 1.165) is 83.6 Å².